The lowest BCUT2D eigenvalue weighted by molar-refractivity contribution is -0.145. The molecule has 218 valence electrons. The summed E-state index contributed by atoms with van der Waals surface area (Å²) in [5.74, 6) is 4.93. The SMILES string of the molecule is CC(C)CCC[C@@H](C)[C@@H]1CC[C@@H]2[C@H]3CC=C4C[C@@H](OC(=O)C=CC=Cc5ccccc5)CC[C@]4(C)[C@@H]3CC[C@@]21C. The van der Waals surface area contributed by atoms with Gasteiger partial charge in [-0.1, -0.05) is 114 Å². The highest BCUT2D eigenvalue weighted by atomic mass is 16.5. The highest BCUT2D eigenvalue weighted by Gasteiger charge is 2.59. The molecule has 4 aliphatic rings. The summed E-state index contributed by atoms with van der Waals surface area (Å²) in [5.41, 5.74) is 3.55. The van der Waals surface area contributed by atoms with Gasteiger partial charge in [0.15, 0.2) is 0 Å². The molecule has 0 aromatic heterocycles. The number of allylic oxidation sites excluding steroid dienone is 3. The molecule has 0 N–H and O–H groups in total. The first kappa shape index (κ1) is 29.4. The molecular weight excluding hydrogens is 488 g/mol. The molecular formula is C38H54O2. The van der Waals surface area contributed by atoms with Crippen molar-refractivity contribution < 1.29 is 9.53 Å². The lowest BCUT2D eigenvalue weighted by Crippen LogP contribution is -2.51. The lowest BCUT2D eigenvalue weighted by atomic mass is 9.47. The van der Waals surface area contributed by atoms with Gasteiger partial charge in [0.2, 0.25) is 0 Å². The van der Waals surface area contributed by atoms with Crippen molar-refractivity contribution in [1.82, 2.24) is 0 Å². The largest absolute Gasteiger partial charge is 0.459 e. The van der Waals surface area contributed by atoms with E-state index in [-0.39, 0.29) is 12.1 Å². The highest BCUT2D eigenvalue weighted by Crippen LogP contribution is 2.67. The van der Waals surface area contributed by atoms with Gasteiger partial charge >= 0.3 is 5.97 Å². The Balaban J connectivity index is 1.18. The molecule has 1 aromatic rings. The van der Waals surface area contributed by atoms with Gasteiger partial charge in [0.25, 0.3) is 0 Å². The number of ether oxygens (including phenoxy) is 1. The second kappa shape index (κ2) is 12.4. The van der Waals surface area contributed by atoms with Crippen LogP contribution in [0.3, 0.4) is 0 Å². The van der Waals surface area contributed by atoms with Crippen molar-refractivity contribution >= 4 is 12.0 Å². The molecule has 5 rings (SSSR count). The number of rotatable bonds is 9. The zero-order chi connectivity index (χ0) is 28.3. The number of fused-ring (bicyclic) bond motifs is 5. The van der Waals surface area contributed by atoms with E-state index < -0.39 is 0 Å². The molecule has 0 radical (unpaired) electrons. The Morgan fingerprint density at radius 3 is 2.55 bits per heavy atom. The van der Waals surface area contributed by atoms with Gasteiger partial charge in [0, 0.05) is 12.5 Å². The van der Waals surface area contributed by atoms with E-state index in [9.17, 15) is 4.79 Å². The van der Waals surface area contributed by atoms with E-state index in [0.29, 0.717) is 10.8 Å². The van der Waals surface area contributed by atoms with Gasteiger partial charge in [0.05, 0.1) is 0 Å². The molecule has 2 heteroatoms. The average Bonchev–Trinajstić information content (AvgIpc) is 3.29. The minimum absolute atomic E-state index is 0.0162. The maximum Gasteiger partial charge on any atom is 0.331 e. The summed E-state index contributed by atoms with van der Waals surface area (Å²) in [6.45, 7) is 12.5. The monoisotopic (exact) mass is 542 g/mol. The van der Waals surface area contributed by atoms with Gasteiger partial charge in [-0.2, -0.15) is 0 Å². The molecule has 2 nitrogen and oxygen atoms in total. The number of carbonyl (C=O) groups is 1. The molecule has 8 atom stereocenters. The third-order valence-electron chi connectivity index (χ3n) is 12.0. The van der Waals surface area contributed by atoms with Crippen LogP contribution in [0.1, 0.15) is 111 Å². The first-order valence-electron chi connectivity index (χ1n) is 16.5. The van der Waals surface area contributed by atoms with Crippen LogP contribution in [-0.4, -0.2) is 12.1 Å². The summed E-state index contributed by atoms with van der Waals surface area (Å²) in [6.07, 6.45) is 24.1. The van der Waals surface area contributed by atoms with Crippen LogP contribution in [0.4, 0.5) is 0 Å². The minimum Gasteiger partial charge on any atom is -0.459 e. The van der Waals surface area contributed by atoms with Gasteiger partial charge in [-0.25, -0.2) is 4.79 Å². The smallest absolute Gasteiger partial charge is 0.331 e. The topological polar surface area (TPSA) is 26.3 Å². The van der Waals surface area contributed by atoms with E-state index in [2.05, 4.69) is 52.8 Å². The third-order valence-corrected chi connectivity index (χ3v) is 12.0. The zero-order valence-electron chi connectivity index (χ0n) is 25.9. The van der Waals surface area contributed by atoms with Crippen LogP contribution in [0.5, 0.6) is 0 Å². The van der Waals surface area contributed by atoms with Crippen LogP contribution in [0, 0.1) is 46.3 Å². The van der Waals surface area contributed by atoms with E-state index in [4.69, 9.17) is 4.74 Å². The number of hydrogen-bond acceptors (Lipinski definition) is 2. The number of esters is 1. The lowest BCUT2D eigenvalue weighted by Gasteiger charge is -2.58. The van der Waals surface area contributed by atoms with Crippen molar-refractivity contribution in [2.75, 3.05) is 0 Å². The minimum atomic E-state index is -0.214. The number of carbonyl (C=O) groups excluding carboxylic acids is 1. The summed E-state index contributed by atoms with van der Waals surface area (Å²) in [7, 11) is 0. The molecule has 0 spiro atoms. The van der Waals surface area contributed by atoms with Crippen molar-refractivity contribution in [2.24, 2.45) is 46.3 Å². The van der Waals surface area contributed by atoms with Crippen LogP contribution in [0.15, 0.2) is 60.2 Å². The first-order valence-corrected chi connectivity index (χ1v) is 16.5. The average molecular weight is 543 g/mol. The molecule has 1 aromatic carbocycles. The van der Waals surface area contributed by atoms with Crippen molar-refractivity contribution in [3.63, 3.8) is 0 Å². The molecule has 4 aliphatic carbocycles. The summed E-state index contributed by atoms with van der Waals surface area (Å²) in [5, 5.41) is 0. The standard InChI is InChI=1S/C38H54O2/c1-27(2)12-11-13-28(3)33-20-21-34-32-19-18-30-26-31(22-24-37(30,4)35(32)23-25-38(33,34)5)40-36(39)17-10-9-16-29-14-7-6-8-15-29/h6-10,14-18,27-28,31-35H,11-13,19-26H2,1-5H3/t28-,31+,32-,33+,34-,35-,37+,38-/m1/s1. The Hall–Kier alpha value is -2.09. The Bertz CT molecular complexity index is 1100. The summed E-state index contributed by atoms with van der Waals surface area (Å²) in [4.78, 5) is 12.6. The van der Waals surface area contributed by atoms with E-state index in [1.807, 2.05) is 30.4 Å². The quantitative estimate of drug-likeness (QED) is 0.134. The Morgan fingerprint density at radius 2 is 1.77 bits per heavy atom. The van der Waals surface area contributed by atoms with Gasteiger partial charge in [0.1, 0.15) is 6.10 Å². The predicted molar refractivity (Wildman–Crippen MR) is 168 cm³/mol. The highest BCUT2D eigenvalue weighted by molar-refractivity contribution is 5.82. The van der Waals surface area contributed by atoms with E-state index in [0.717, 1.165) is 60.3 Å². The summed E-state index contributed by atoms with van der Waals surface area (Å²) < 4.78 is 5.95. The Labute approximate surface area is 244 Å². The first-order chi connectivity index (χ1) is 19.2. The molecule has 3 saturated carbocycles. The van der Waals surface area contributed by atoms with Gasteiger partial charge in [-0.3, -0.25) is 0 Å². The maximum absolute atomic E-state index is 12.6. The summed E-state index contributed by atoms with van der Waals surface area (Å²) in [6, 6.07) is 10.1. The predicted octanol–water partition coefficient (Wildman–Crippen LogP) is 10.2. The van der Waals surface area contributed by atoms with Crippen molar-refractivity contribution in [2.45, 2.75) is 111 Å². The molecule has 40 heavy (non-hydrogen) atoms. The second-order valence-electron chi connectivity index (χ2n) is 14.7. The summed E-state index contributed by atoms with van der Waals surface area (Å²) >= 11 is 0. The Kier molecular flexibility index (Phi) is 9.13. The van der Waals surface area contributed by atoms with Crippen LogP contribution < -0.4 is 0 Å². The molecule has 0 aliphatic heterocycles. The van der Waals surface area contributed by atoms with E-state index >= 15 is 0 Å². The zero-order valence-corrected chi connectivity index (χ0v) is 25.9. The fourth-order valence-electron chi connectivity index (χ4n) is 9.82. The normalized spacial score (nSPS) is 36.2. The van der Waals surface area contributed by atoms with Crippen LogP contribution in [0.25, 0.3) is 6.08 Å². The maximum atomic E-state index is 12.6. The fraction of sp³-hybridized carbons (Fsp3) is 0.658. The molecule has 0 saturated heterocycles. The van der Waals surface area contributed by atoms with Crippen molar-refractivity contribution in [3.05, 3.63) is 65.8 Å². The fourth-order valence-corrected chi connectivity index (χ4v) is 9.82. The van der Waals surface area contributed by atoms with Crippen molar-refractivity contribution in [1.29, 1.82) is 0 Å². The van der Waals surface area contributed by atoms with Gasteiger partial charge in [-0.15, -0.1) is 0 Å². The van der Waals surface area contributed by atoms with Gasteiger partial charge < -0.3 is 4.74 Å². The molecule has 0 unspecified atom stereocenters. The number of hydrogen-bond donors (Lipinski definition) is 0. The molecule has 0 heterocycles. The van der Waals surface area contributed by atoms with Crippen molar-refractivity contribution in [3.8, 4) is 0 Å². The van der Waals surface area contributed by atoms with E-state index in [1.165, 1.54) is 51.4 Å². The third kappa shape index (κ3) is 6.07. The van der Waals surface area contributed by atoms with Gasteiger partial charge in [-0.05, 0) is 96.8 Å². The number of benzene rings is 1. The van der Waals surface area contributed by atoms with E-state index in [1.54, 1.807) is 17.7 Å². The molecule has 0 amide bonds. The molecule has 0 bridgehead atoms. The van der Waals surface area contributed by atoms with Crippen LogP contribution in [-0.2, 0) is 9.53 Å². The molecule has 3 fully saturated rings. The van der Waals surface area contributed by atoms with Crippen LogP contribution in [0.2, 0.25) is 0 Å². The second-order valence-corrected chi connectivity index (χ2v) is 14.7. The Morgan fingerprint density at radius 1 is 0.975 bits per heavy atom. The van der Waals surface area contributed by atoms with Crippen LogP contribution >= 0.6 is 0 Å².